The number of hydrogen-bond acceptors (Lipinski definition) is 3. The summed E-state index contributed by atoms with van der Waals surface area (Å²) in [5, 5.41) is 0. The first-order valence-corrected chi connectivity index (χ1v) is 8.89. The van der Waals surface area contributed by atoms with E-state index in [1.807, 2.05) is 0 Å². The molecule has 0 amide bonds. The first-order chi connectivity index (χ1) is 10.3. The SMILES string of the molecule is NCC1(c2c3c(c(Br)c4c2OCCC4)OCCC3)CCC1. The van der Waals surface area contributed by atoms with E-state index >= 15 is 0 Å². The van der Waals surface area contributed by atoms with Crippen molar-refractivity contribution in [1.82, 2.24) is 0 Å². The molecule has 1 aromatic carbocycles. The Morgan fingerprint density at radius 3 is 2.24 bits per heavy atom. The van der Waals surface area contributed by atoms with E-state index in [0.29, 0.717) is 0 Å². The van der Waals surface area contributed by atoms with Gasteiger partial charge >= 0.3 is 0 Å². The Morgan fingerprint density at radius 2 is 1.62 bits per heavy atom. The molecule has 1 aliphatic carbocycles. The highest BCUT2D eigenvalue weighted by molar-refractivity contribution is 9.10. The first-order valence-electron chi connectivity index (χ1n) is 8.10. The maximum absolute atomic E-state index is 6.20. The van der Waals surface area contributed by atoms with Gasteiger partial charge in [-0.1, -0.05) is 6.42 Å². The van der Waals surface area contributed by atoms with Crippen molar-refractivity contribution in [3.05, 3.63) is 21.2 Å². The Bertz CT molecular complexity index is 538. The van der Waals surface area contributed by atoms with Crippen molar-refractivity contribution in [2.75, 3.05) is 19.8 Å². The van der Waals surface area contributed by atoms with E-state index in [1.54, 1.807) is 0 Å². The molecule has 1 saturated carbocycles. The van der Waals surface area contributed by atoms with E-state index in [0.717, 1.165) is 61.4 Å². The van der Waals surface area contributed by atoms with Crippen LogP contribution in [-0.2, 0) is 18.3 Å². The molecule has 3 nitrogen and oxygen atoms in total. The zero-order chi connectivity index (χ0) is 14.4. The van der Waals surface area contributed by atoms with Gasteiger partial charge in [-0.15, -0.1) is 0 Å². The first kappa shape index (κ1) is 13.9. The van der Waals surface area contributed by atoms with Gasteiger partial charge in [0.15, 0.2) is 0 Å². The average Bonchev–Trinajstić information content (AvgIpc) is 2.50. The van der Waals surface area contributed by atoms with E-state index < -0.39 is 0 Å². The smallest absolute Gasteiger partial charge is 0.137 e. The van der Waals surface area contributed by atoms with Crippen LogP contribution in [0.15, 0.2) is 4.47 Å². The van der Waals surface area contributed by atoms with Gasteiger partial charge in [-0.25, -0.2) is 0 Å². The molecule has 1 aromatic rings. The standard InChI is InChI=1S/C17H22BrNO2/c18-14-12-5-2-8-20-15(12)13(17(10-19)6-3-7-17)11-4-1-9-21-16(11)14/h1-10,19H2. The van der Waals surface area contributed by atoms with Crippen LogP contribution >= 0.6 is 15.9 Å². The summed E-state index contributed by atoms with van der Waals surface area (Å²) in [6, 6.07) is 0. The number of nitrogens with two attached hydrogens (primary N) is 1. The average molecular weight is 352 g/mol. The number of halogens is 1. The third-order valence-electron chi connectivity index (χ3n) is 5.41. The zero-order valence-corrected chi connectivity index (χ0v) is 13.9. The van der Waals surface area contributed by atoms with Crippen molar-refractivity contribution in [3.63, 3.8) is 0 Å². The summed E-state index contributed by atoms with van der Waals surface area (Å²) in [4.78, 5) is 0. The van der Waals surface area contributed by atoms with Crippen LogP contribution in [0, 0.1) is 0 Å². The molecular formula is C17H22BrNO2. The highest BCUT2D eigenvalue weighted by Crippen LogP contribution is 2.55. The van der Waals surface area contributed by atoms with Crippen molar-refractivity contribution >= 4 is 15.9 Å². The van der Waals surface area contributed by atoms with Crippen LogP contribution < -0.4 is 15.2 Å². The monoisotopic (exact) mass is 351 g/mol. The minimum atomic E-state index is 0.132. The fourth-order valence-electron chi connectivity index (χ4n) is 4.11. The van der Waals surface area contributed by atoms with Crippen molar-refractivity contribution in [3.8, 4) is 11.5 Å². The second-order valence-electron chi connectivity index (χ2n) is 6.55. The van der Waals surface area contributed by atoms with E-state index in [1.165, 1.54) is 36.0 Å². The topological polar surface area (TPSA) is 44.5 Å². The van der Waals surface area contributed by atoms with E-state index in [9.17, 15) is 0 Å². The van der Waals surface area contributed by atoms with Gasteiger partial charge in [0.1, 0.15) is 11.5 Å². The number of benzene rings is 1. The zero-order valence-electron chi connectivity index (χ0n) is 12.3. The molecule has 1 fully saturated rings. The third-order valence-corrected chi connectivity index (χ3v) is 6.25. The van der Waals surface area contributed by atoms with Crippen LogP contribution in [0.5, 0.6) is 11.5 Å². The Morgan fingerprint density at radius 1 is 0.952 bits per heavy atom. The van der Waals surface area contributed by atoms with E-state index in [-0.39, 0.29) is 5.41 Å². The molecule has 2 aliphatic heterocycles. The Hall–Kier alpha value is -0.740. The highest BCUT2D eigenvalue weighted by Gasteiger charge is 2.44. The lowest BCUT2D eigenvalue weighted by Crippen LogP contribution is -2.43. The maximum atomic E-state index is 6.20. The summed E-state index contributed by atoms with van der Waals surface area (Å²) >= 11 is 3.78. The van der Waals surface area contributed by atoms with Gasteiger partial charge in [-0.05, 0) is 54.5 Å². The van der Waals surface area contributed by atoms with Crippen LogP contribution in [-0.4, -0.2) is 19.8 Å². The van der Waals surface area contributed by atoms with Crippen molar-refractivity contribution in [2.24, 2.45) is 5.73 Å². The van der Waals surface area contributed by atoms with Gasteiger partial charge in [-0.2, -0.15) is 0 Å². The van der Waals surface area contributed by atoms with Crippen LogP contribution in [0.1, 0.15) is 48.8 Å². The Balaban J connectivity index is 1.99. The molecular weight excluding hydrogens is 330 g/mol. The van der Waals surface area contributed by atoms with Gasteiger partial charge in [0.25, 0.3) is 0 Å². The number of ether oxygens (including phenoxy) is 2. The van der Waals surface area contributed by atoms with Crippen LogP contribution in [0.25, 0.3) is 0 Å². The van der Waals surface area contributed by atoms with Crippen LogP contribution in [0.4, 0.5) is 0 Å². The molecule has 0 radical (unpaired) electrons. The summed E-state index contributed by atoms with van der Waals surface area (Å²) < 4.78 is 13.3. The van der Waals surface area contributed by atoms with E-state index in [2.05, 4.69) is 15.9 Å². The second-order valence-corrected chi connectivity index (χ2v) is 7.34. The number of fused-ring (bicyclic) bond motifs is 2. The summed E-state index contributed by atoms with van der Waals surface area (Å²) in [7, 11) is 0. The summed E-state index contributed by atoms with van der Waals surface area (Å²) in [5.74, 6) is 2.20. The molecule has 4 heteroatoms. The molecule has 0 unspecified atom stereocenters. The normalized spacial score (nSPS) is 22.4. The molecule has 114 valence electrons. The van der Waals surface area contributed by atoms with Crippen LogP contribution in [0.2, 0.25) is 0 Å². The van der Waals surface area contributed by atoms with Gasteiger partial charge in [0.2, 0.25) is 0 Å². The molecule has 0 spiro atoms. The fourth-order valence-corrected chi connectivity index (χ4v) is 4.84. The molecule has 0 saturated heterocycles. The lowest BCUT2D eigenvalue weighted by Gasteiger charge is -2.45. The number of hydrogen-bond donors (Lipinski definition) is 1. The van der Waals surface area contributed by atoms with Gasteiger partial charge < -0.3 is 15.2 Å². The third kappa shape index (κ3) is 1.95. The highest BCUT2D eigenvalue weighted by atomic mass is 79.9. The van der Waals surface area contributed by atoms with Gasteiger partial charge in [-0.3, -0.25) is 0 Å². The minimum Gasteiger partial charge on any atom is -0.493 e. The van der Waals surface area contributed by atoms with Crippen molar-refractivity contribution < 1.29 is 9.47 Å². The predicted molar refractivity (Wildman–Crippen MR) is 86.4 cm³/mol. The molecule has 3 aliphatic rings. The summed E-state index contributed by atoms with van der Waals surface area (Å²) in [6.07, 6.45) is 7.98. The quantitative estimate of drug-likeness (QED) is 0.886. The molecule has 4 rings (SSSR count). The second kappa shape index (κ2) is 5.17. The molecule has 0 aromatic heterocycles. The summed E-state index contributed by atoms with van der Waals surface area (Å²) in [6.45, 7) is 2.36. The molecule has 0 atom stereocenters. The van der Waals surface area contributed by atoms with Crippen molar-refractivity contribution in [2.45, 2.75) is 50.4 Å². The molecule has 0 bridgehead atoms. The van der Waals surface area contributed by atoms with Crippen molar-refractivity contribution in [1.29, 1.82) is 0 Å². The van der Waals surface area contributed by atoms with E-state index in [4.69, 9.17) is 15.2 Å². The maximum Gasteiger partial charge on any atom is 0.137 e. The molecule has 21 heavy (non-hydrogen) atoms. The number of rotatable bonds is 2. The largest absolute Gasteiger partial charge is 0.493 e. The lowest BCUT2D eigenvalue weighted by molar-refractivity contribution is 0.217. The molecule has 2 N–H and O–H groups in total. The summed E-state index contributed by atoms with van der Waals surface area (Å²) in [5.41, 5.74) is 10.4. The predicted octanol–water partition coefficient (Wildman–Crippen LogP) is 3.48. The van der Waals surface area contributed by atoms with Crippen LogP contribution in [0.3, 0.4) is 0 Å². The van der Waals surface area contributed by atoms with Gasteiger partial charge in [0, 0.05) is 28.7 Å². The minimum absolute atomic E-state index is 0.132. The Labute approximate surface area is 134 Å². The fraction of sp³-hybridized carbons (Fsp3) is 0.647. The van der Waals surface area contributed by atoms with Gasteiger partial charge in [0.05, 0.1) is 17.7 Å². The molecule has 2 heterocycles. The lowest BCUT2D eigenvalue weighted by atomic mass is 9.62. The Kier molecular flexibility index (Phi) is 3.42.